The van der Waals surface area contributed by atoms with Crippen LogP contribution in [0.15, 0.2) is 59.3 Å². The molecule has 10 nitrogen and oxygen atoms in total. The van der Waals surface area contributed by atoms with Gasteiger partial charge in [-0.25, -0.2) is 9.99 Å². The Morgan fingerprint density at radius 1 is 1.25 bits per heavy atom. The van der Waals surface area contributed by atoms with Crippen LogP contribution >= 0.6 is 0 Å². The third-order valence-corrected chi connectivity index (χ3v) is 4.53. The molecule has 0 spiro atoms. The van der Waals surface area contributed by atoms with Crippen LogP contribution in [-0.2, 0) is 0 Å². The summed E-state index contributed by atoms with van der Waals surface area (Å²) in [5, 5.41) is 21.1. The summed E-state index contributed by atoms with van der Waals surface area (Å²) >= 11 is 0. The van der Waals surface area contributed by atoms with E-state index < -0.39 is 0 Å². The number of hydrogen-bond donors (Lipinski definition) is 3. The second-order valence-electron chi connectivity index (χ2n) is 6.25. The van der Waals surface area contributed by atoms with Crippen LogP contribution in [0.5, 0.6) is 5.75 Å². The maximum absolute atomic E-state index is 5.22. The number of amidine groups is 1. The predicted molar refractivity (Wildman–Crippen MR) is 105 cm³/mol. The monoisotopic (exact) mass is 375 g/mol. The van der Waals surface area contributed by atoms with Gasteiger partial charge in [0.25, 0.3) is 0 Å². The van der Waals surface area contributed by atoms with Crippen molar-refractivity contribution in [2.75, 3.05) is 19.0 Å². The van der Waals surface area contributed by atoms with E-state index in [9.17, 15) is 0 Å². The molecule has 5 heterocycles. The van der Waals surface area contributed by atoms with Gasteiger partial charge in [-0.3, -0.25) is 15.5 Å². The number of H-pyrrole nitrogens is 1. The van der Waals surface area contributed by atoms with Gasteiger partial charge in [-0.1, -0.05) is 0 Å². The van der Waals surface area contributed by atoms with E-state index in [-0.39, 0.29) is 6.17 Å². The number of ether oxygens (including phenoxy) is 1. The SMILES string of the molecule is COc1cnc2c(NCC3NN=C4C=CC(c5cn[nH]c5)=NN43)ccnc2c1. The first-order valence-electron chi connectivity index (χ1n) is 8.73. The Balaban J connectivity index is 1.35. The molecule has 0 aromatic carbocycles. The average molecular weight is 375 g/mol. The van der Waals surface area contributed by atoms with Crippen molar-refractivity contribution in [3.05, 3.63) is 54.6 Å². The van der Waals surface area contributed by atoms with Crippen LogP contribution in [0, 0.1) is 0 Å². The number of pyridine rings is 2. The number of anilines is 1. The molecule has 2 aliphatic heterocycles. The van der Waals surface area contributed by atoms with Crippen LogP contribution < -0.4 is 15.5 Å². The Morgan fingerprint density at radius 3 is 3.07 bits per heavy atom. The highest BCUT2D eigenvalue weighted by molar-refractivity contribution is 6.14. The van der Waals surface area contributed by atoms with Gasteiger partial charge < -0.3 is 10.1 Å². The third-order valence-electron chi connectivity index (χ3n) is 4.53. The number of fused-ring (bicyclic) bond motifs is 2. The molecule has 3 N–H and O–H groups in total. The first-order chi connectivity index (χ1) is 13.8. The number of nitrogens with one attached hydrogen (secondary N) is 3. The smallest absolute Gasteiger partial charge is 0.170 e. The highest BCUT2D eigenvalue weighted by atomic mass is 16.5. The molecular formula is C18H17N9O. The van der Waals surface area contributed by atoms with Crippen molar-refractivity contribution in [1.29, 1.82) is 0 Å². The van der Waals surface area contributed by atoms with E-state index in [2.05, 4.69) is 36.0 Å². The fourth-order valence-corrected chi connectivity index (χ4v) is 3.09. The Kier molecular flexibility index (Phi) is 3.86. The highest BCUT2D eigenvalue weighted by Gasteiger charge is 2.29. The van der Waals surface area contributed by atoms with Crippen LogP contribution in [0.3, 0.4) is 0 Å². The minimum absolute atomic E-state index is 0.136. The number of nitrogens with zero attached hydrogens (tertiary/aromatic N) is 6. The van der Waals surface area contributed by atoms with Crippen LogP contribution in [0.1, 0.15) is 5.56 Å². The second-order valence-corrected chi connectivity index (χ2v) is 6.25. The summed E-state index contributed by atoms with van der Waals surface area (Å²) < 4.78 is 5.22. The normalized spacial score (nSPS) is 17.8. The lowest BCUT2D eigenvalue weighted by Gasteiger charge is -2.24. The highest BCUT2D eigenvalue weighted by Crippen LogP contribution is 2.23. The van der Waals surface area contributed by atoms with E-state index in [1.54, 1.807) is 25.7 Å². The fourth-order valence-electron chi connectivity index (χ4n) is 3.09. The lowest BCUT2D eigenvalue weighted by molar-refractivity contribution is 0.326. The molecular weight excluding hydrogens is 358 g/mol. The molecule has 0 amide bonds. The van der Waals surface area contributed by atoms with Gasteiger partial charge in [0.2, 0.25) is 0 Å². The summed E-state index contributed by atoms with van der Waals surface area (Å²) in [6.45, 7) is 0.565. The summed E-state index contributed by atoms with van der Waals surface area (Å²) in [6.07, 6.45) is 10.7. The van der Waals surface area contributed by atoms with E-state index >= 15 is 0 Å². The van der Waals surface area contributed by atoms with Gasteiger partial charge in [-0.05, 0) is 18.2 Å². The molecule has 2 aliphatic rings. The van der Waals surface area contributed by atoms with E-state index in [1.807, 2.05) is 35.5 Å². The zero-order valence-corrected chi connectivity index (χ0v) is 15.0. The number of hydrogen-bond acceptors (Lipinski definition) is 9. The van der Waals surface area contributed by atoms with Gasteiger partial charge in [0.05, 0.1) is 43.0 Å². The van der Waals surface area contributed by atoms with Gasteiger partial charge in [0.1, 0.15) is 11.3 Å². The van der Waals surface area contributed by atoms with Crippen LogP contribution in [0.25, 0.3) is 11.0 Å². The summed E-state index contributed by atoms with van der Waals surface area (Å²) in [4.78, 5) is 8.83. The summed E-state index contributed by atoms with van der Waals surface area (Å²) in [5.74, 6) is 1.44. The number of hydrazone groups is 2. The zero-order valence-electron chi connectivity index (χ0n) is 15.0. The van der Waals surface area contributed by atoms with Gasteiger partial charge in [0.15, 0.2) is 12.0 Å². The van der Waals surface area contributed by atoms with E-state index in [1.165, 1.54) is 0 Å². The molecule has 140 valence electrons. The minimum Gasteiger partial charge on any atom is -0.495 e. The number of aromatic amines is 1. The van der Waals surface area contributed by atoms with Gasteiger partial charge in [-0.15, -0.1) is 0 Å². The summed E-state index contributed by atoms with van der Waals surface area (Å²) in [5.41, 5.74) is 7.29. The lowest BCUT2D eigenvalue weighted by Crippen LogP contribution is -2.42. The lowest BCUT2D eigenvalue weighted by atomic mass is 10.2. The van der Waals surface area contributed by atoms with Gasteiger partial charge in [0, 0.05) is 24.0 Å². The largest absolute Gasteiger partial charge is 0.495 e. The molecule has 0 bridgehead atoms. The maximum Gasteiger partial charge on any atom is 0.170 e. The summed E-state index contributed by atoms with van der Waals surface area (Å²) in [7, 11) is 1.61. The molecule has 0 aliphatic carbocycles. The predicted octanol–water partition coefficient (Wildman–Crippen LogP) is 1.29. The molecule has 0 fully saturated rings. The first-order valence-corrected chi connectivity index (χ1v) is 8.73. The standard InChI is InChI=1S/C18H17N9O/c1-28-12-6-15-18(21-9-12)14(4-5-19-15)20-10-17-25-24-16-3-2-13(26-27(16)17)11-7-22-23-8-11/h2-9,17,25H,10H2,1H3,(H,19,20)(H,22,23). The van der Waals surface area contributed by atoms with Crippen molar-refractivity contribution < 1.29 is 4.74 Å². The molecule has 0 radical (unpaired) electrons. The van der Waals surface area contributed by atoms with E-state index in [0.29, 0.717) is 12.3 Å². The maximum atomic E-state index is 5.22. The number of allylic oxidation sites excluding steroid dienone is 1. The number of rotatable bonds is 5. The van der Waals surface area contributed by atoms with Gasteiger partial charge in [-0.2, -0.15) is 15.3 Å². The Bertz CT molecular complexity index is 1100. The van der Waals surface area contributed by atoms with Crippen molar-refractivity contribution in [1.82, 2.24) is 30.6 Å². The number of aromatic nitrogens is 4. The molecule has 1 unspecified atom stereocenters. The Labute approximate surface area is 160 Å². The number of methoxy groups -OCH3 is 1. The molecule has 3 aromatic rings. The van der Waals surface area contributed by atoms with Crippen LogP contribution in [0.4, 0.5) is 5.69 Å². The van der Waals surface area contributed by atoms with Gasteiger partial charge >= 0.3 is 0 Å². The second kappa shape index (κ2) is 6.65. The van der Waals surface area contributed by atoms with E-state index in [0.717, 1.165) is 33.8 Å². The quantitative estimate of drug-likeness (QED) is 0.615. The topological polar surface area (TPSA) is 116 Å². The first kappa shape index (κ1) is 16.2. The van der Waals surface area contributed by atoms with Crippen molar-refractivity contribution >= 4 is 28.3 Å². The van der Waals surface area contributed by atoms with Crippen LogP contribution in [-0.4, -0.2) is 56.5 Å². The zero-order chi connectivity index (χ0) is 18.9. The molecule has 0 saturated heterocycles. The molecule has 0 saturated carbocycles. The summed E-state index contributed by atoms with van der Waals surface area (Å²) in [6, 6.07) is 3.76. The van der Waals surface area contributed by atoms with E-state index in [4.69, 9.17) is 9.84 Å². The van der Waals surface area contributed by atoms with Crippen molar-refractivity contribution in [2.24, 2.45) is 10.2 Å². The Morgan fingerprint density at radius 2 is 2.21 bits per heavy atom. The van der Waals surface area contributed by atoms with Crippen molar-refractivity contribution in [3.63, 3.8) is 0 Å². The van der Waals surface area contributed by atoms with Crippen LogP contribution in [0.2, 0.25) is 0 Å². The molecule has 1 atom stereocenters. The minimum atomic E-state index is -0.136. The molecule has 28 heavy (non-hydrogen) atoms. The van der Waals surface area contributed by atoms with Crippen molar-refractivity contribution in [2.45, 2.75) is 6.17 Å². The molecule has 3 aromatic heterocycles. The third kappa shape index (κ3) is 2.80. The molecule has 10 heteroatoms. The average Bonchev–Trinajstić information content (AvgIpc) is 3.41. The molecule has 5 rings (SSSR count). The Hall–Kier alpha value is -3.95. The van der Waals surface area contributed by atoms with Crippen molar-refractivity contribution in [3.8, 4) is 5.75 Å². The fraction of sp³-hybridized carbons (Fsp3) is 0.167.